The fraction of sp³-hybridized carbons (Fsp3) is 0.0714. The number of carbonyl (C=O) groups is 1. The van der Waals surface area contributed by atoms with Gasteiger partial charge in [0.15, 0.2) is 17.7 Å². The van der Waals surface area contributed by atoms with Crippen LogP contribution >= 0.6 is 11.6 Å². The lowest BCUT2D eigenvalue weighted by Gasteiger charge is -2.08. The largest absolute Gasteiger partial charge is 0.298 e. The van der Waals surface area contributed by atoms with Crippen LogP contribution in [0.2, 0.25) is 5.02 Å². The summed E-state index contributed by atoms with van der Waals surface area (Å²) < 4.78 is 0. The van der Waals surface area contributed by atoms with Gasteiger partial charge in [-0.25, -0.2) is 9.97 Å². The molecular weight excluding hydrogens is 276 g/mol. The zero-order valence-corrected chi connectivity index (χ0v) is 11.1. The Hall–Kier alpha value is -2.76. The first-order chi connectivity index (χ1) is 9.60. The van der Waals surface area contributed by atoms with Crippen LogP contribution in [-0.2, 0) is 0 Å². The molecule has 6 heteroatoms. The van der Waals surface area contributed by atoms with Crippen LogP contribution in [0.4, 0.5) is 0 Å². The van der Waals surface area contributed by atoms with E-state index in [4.69, 9.17) is 22.1 Å². The van der Waals surface area contributed by atoms with Gasteiger partial charge in [-0.3, -0.25) is 4.79 Å². The molecule has 0 bridgehead atoms. The van der Waals surface area contributed by atoms with Crippen LogP contribution in [0, 0.1) is 29.6 Å². The summed E-state index contributed by atoms with van der Waals surface area (Å²) in [7, 11) is 0. The van der Waals surface area contributed by atoms with E-state index in [9.17, 15) is 4.79 Å². The van der Waals surface area contributed by atoms with Crippen molar-refractivity contribution in [1.82, 2.24) is 9.97 Å². The van der Waals surface area contributed by atoms with Crippen molar-refractivity contribution in [1.29, 1.82) is 10.5 Å². The van der Waals surface area contributed by atoms with Gasteiger partial charge < -0.3 is 0 Å². The highest BCUT2D eigenvalue weighted by Crippen LogP contribution is 2.27. The highest BCUT2D eigenvalue weighted by atomic mass is 35.5. The standard InChI is InChI=1S/C14H7ClN4O/c1-8-14(19-13(6-17)12(5-16)18-8)11-4-10(15)3-2-9(11)7-20/h2-4,7H,1H3. The molecule has 1 heterocycles. The molecule has 0 saturated heterocycles. The highest BCUT2D eigenvalue weighted by Gasteiger charge is 2.15. The van der Waals surface area contributed by atoms with Crippen molar-refractivity contribution < 1.29 is 4.79 Å². The van der Waals surface area contributed by atoms with Crippen LogP contribution in [0.5, 0.6) is 0 Å². The molecule has 1 aromatic carbocycles. The molecule has 0 fully saturated rings. The number of nitriles is 2. The molecule has 0 saturated carbocycles. The molecule has 5 nitrogen and oxygen atoms in total. The fourth-order valence-corrected chi connectivity index (χ4v) is 1.94. The lowest BCUT2D eigenvalue weighted by molar-refractivity contribution is 0.112. The quantitative estimate of drug-likeness (QED) is 0.790. The van der Waals surface area contributed by atoms with E-state index in [1.807, 2.05) is 12.1 Å². The Balaban J connectivity index is 2.77. The van der Waals surface area contributed by atoms with Gasteiger partial charge in [-0.05, 0) is 25.1 Å². The highest BCUT2D eigenvalue weighted by molar-refractivity contribution is 6.31. The number of carbonyl (C=O) groups excluding carboxylic acids is 1. The molecule has 2 rings (SSSR count). The summed E-state index contributed by atoms with van der Waals surface area (Å²) in [5.74, 6) is 0. The first-order valence-corrected chi connectivity index (χ1v) is 5.92. The smallest absolute Gasteiger partial charge is 0.177 e. The minimum absolute atomic E-state index is 0.0385. The maximum absolute atomic E-state index is 11.1. The van der Waals surface area contributed by atoms with E-state index < -0.39 is 0 Å². The lowest BCUT2D eigenvalue weighted by atomic mass is 10.0. The average molecular weight is 283 g/mol. The number of hydrogen-bond acceptors (Lipinski definition) is 5. The van der Waals surface area contributed by atoms with Crippen LogP contribution in [0.1, 0.15) is 27.4 Å². The van der Waals surface area contributed by atoms with E-state index in [1.165, 1.54) is 0 Å². The van der Waals surface area contributed by atoms with Gasteiger partial charge in [-0.15, -0.1) is 0 Å². The van der Waals surface area contributed by atoms with Crippen molar-refractivity contribution >= 4 is 17.9 Å². The second-order valence-corrected chi connectivity index (χ2v) is 4.36. The third-order valence-electron chi connectivity index (χ3n) is 2.68. The topological polar surface area (TPSA) is 90.4 Å². The second kappa shape index (κ2) is 5.48. The van der Waals surface area contributed by atoms with Crippen LogP contribution in [0.15, 0.2) is 18.2 Å². The molecule has 1 aromatic heterocycles. The van der Waals surface area contributed by atoms with E-state index >= 15 is 0 Å². The number of halogens is 1. The summed E-state index contributed by atoms with van der Waals surface area (Å²) in [5, 5.41) is 18.3. The van der Waals surface area contributed by atoms with Gasteiger partial charge in [0.1, 0.15) is 12.1 Å². The maximum Gasteiger partial charge on any atom is 0.177 e. The molecule has 0 amide bonds. The van der Waals surface area contributed by atoms with Gasteiger partial charge in [0.05, 0.1) is 11.4 Å². The van der Waals surface area contributed by atoms with Crippen molar-refractivity contribution in [3.63, 3.8) is 0 Å². The normalized spacial score (nSPS) is 9.60. The summed E-state index contributed by atoms with van der Waals surface area (Å²) in [6.45, 7) is 1.65. The van der Waals surface area contributed by atoms with Gasteiger partial charge in [0, 0.05) is 16.1 Å². The number of benzene rings is 1. The van der Waals surface area contributed by atoms with Crippen LogP contribution < -0.4 is 0 Å². The van der Waals surface area contributed by atoms with Gasteiger partial charge in [0.2, 0.25) is 0 Å². The molecule has 0 aliphatic heterocycles. The predicted octanol–water partition coefficient (Wildman–Crippen LogP) is 2.66. The Labute approximate surface area is 120 Å². The molecule has 0 aliphatic carbocycles. The molecule has 0 unspecified atom stereocenters. The van der Waals surface area contributed by atoms with Crippen molar-refractivity contribution in [2.45, 2.75) is 6.92 Å². The Morgan fingerprint density at radius 3 is 2.45 bits per heavy atom. The summed E-state index contributed by atoms with van der Waals surface area (Å²) in [6.07, 6.45) is 0.678. The molecule has 0 aliphatic rings. The van der Waals surface area contributed by atoms with Crippen LogP contribution in [0.3, 0.4) is 0 Å². The van der Waals surface area contributed by atoms with Crippen molar-refractivity contribution in [3.05, 3.63) is 45.9 Å². The number of hydrogen-bond donors (Lipinski definition) is 0. The monoisotopic (exact) mass is 282 g/mol. The van der Waals surface area contributed by atoms with E-state index in [0.29, 0.717) is 33.8 Å². The van der Waals surface area contributed by atoms with Gasteiger partial charge in [-0.1, -0.05) is 11.6 Å². The van der Waals surface area contributed by atoms with Gasteiger partial charge in [0.25, 0.3) is 0 Å². The van der Waals surface area contributed by atoms with E-state index in [2.05, 4.69) is 9.97 Å². The Bertz CT molecular complexity index is 787. The molecule has 0 spiro atoms. The molecule has 2 aromatic rings. The lowest BCUT2D eigenvalue weighted by Crippen LogP contribution is -2.02. The minimum Gasteiger partial charge on any atom is -0.298 e. The van der Waals surface area contributed by atoms with E-state index in [1.54, 1.807) is 25.1 Å². The molecule has 0 radical (unpaired) electrons. The zero-order chi connectivity index (χ0) is 14.7. The number of rotatable bonds is 2. The fourth-order valence-electron chi connectivity index (χ4n) is 1.77. The van der Waals surface area contributed by atoms with Crippen molar-refractivity contribution in [2.75, 3.05) is 0 Å². The van der Waals surface area contributed by atoms with Crippen LogP contribution in [-0.4, -0.2) is 16.3 Å². The number of aromatic nitrogens is 2. The second-order valence-electron chi connectivity index (χ2n) is 3.93. The Kier molecular flexibility index (Phi) is 3.74. The van der Waals surface area contributed by atoms with E-state index in [0.717, 1.165) is 0 Å². The molecule has 96 valence electrons. The van der Waals surface area contributed by atoms with Crippen molar-refractivity contribution in [2.24, 2.45) is 0 Å². The molecule has 0 atom stereocenters. The third-order valence-corrected chi connectivity index (χ3v) is 2.91. The predicted molar refractivity (Wildman–Crippen MR) is 72.0 cm³/mol. The Morgan fingerprint density at radius 1 is 1.20 bits per heavy atom. The molecule has 0 N–H and O–H groups in total. The maximum atomic E-state index is 11.1. The zero-order valence-electron chi connectivity index (χ0n) is 10.4. The Morgan fingerprint density at radius 2 is 1.85 bits per heavy atom. The average Bonchev–Trinajstić information content (AvgIpc) is 2.46. The minimum atomic E-state index is -0.0788. The SMILES string of the molecule is Cc1nc(C#N)c(C#N)nc1-c1cc(Cl)ccc1C=O. The summed E-state index contributed by atoms with van der Waals surface area (Å²) in [6, 6.07) is 8.37. The van der Waals surface area contributed by atoms with Gasteiger partial charge in [-0.2, -0.15) is 10.5 Å². The summed E-state index contributed by atoms with van der Waals surface area (Å²) >= 11 is 5.93. The first-order valence-electron chi connectivity index (χ1n) is 5.54. The van der Waals surface area contributed by atoms with Crippen molar-refractivity contribution in [3.8, 4) is 23.4 Å². The summed E-state index contributed by atoms with van der Waals surface area (Å²) in [5.41, 5.74) is 1.57. The van der Waals surface area contributed by atoms with Crippen LogP contribution in [0.25, 0.3) is 11.3 Å². The number of aldehydes is 1. The number of aryl methyl sites for hydroxylation is 1. The van der Waals surface area contributed by atoms with Gasteiger partial charge >= 0.3 is 0 Å². The molecular formula is C14H7ClN4O. The van der Waals surface area contributed by atoms with E-state index in [-0.39, 0.29) is 11.4 Å². The first kappa shape index (κ1) is 13.7. The molecule has 20 heavy (non-hydrogen) atoms. The summed E-state index contributed by atoms with van der Waals surface area (Å²) in [4.78, 5) is 19.2. The number of nitrogens with zero attached hydrogens (tertiary/aromatic N) is 4. The third kappa shape index (κ3) is 2.35.